The maximum Gasteiger partial charge on any atom is 0.289 e. The summed E-state index contributed by atoms with van der Waals surface area (Å²) < 4.78 is 1.67. The minimum Gasteiger partial charge on any atom is -0.508 e. The van der Waals surface area contributed by atoms with Crippen LogP contribution in [0.15, 0.2) is 36.4 Å². The number of rotatable bonds is 7. The second kappa shape index (κ2) is 11.4. The Labute approximate surface area is 230 Å². The number of nitrogens with one attached hydrogen (secondary N) is 2. The number of phenols is 2. The highest BCUT2D eigenvalue weighted by atomic mass is 16.3. The van der Waals surface area contributed by atoms with Crippen LogP contribution in [0.4, 0.5) is 0 Å². The van der Waals surface area contributed by atoms with Gasteiger partial charge in [-0.3, -0.25) is 14.3 Å². The molecule has 2 saturated heterocycles. The molecule has 2 fully saturated rings. The highest BCUT2D eigenvalue weighted by molar-refractivity contribution is 5.92. The molecule has 3 heterocycles. The summed E-state index contributed by atoms with van der Waals surface area (Å²) in [7, 11) is 0. The maximum atomic E-state index is 12.9. The second-order valence-electron chi connectivity index (χ2n) is 11.3. The van der Waals surface area contributed by atoms with Gasteiger partial charge in [0.25, 0.3) is 5.91 Å². The van der Waals surface area contributed by atoms with E-state index < -0.39 is 0 Å². The molecule has 0 atom stereocenters. The molecule has 5 rings (SSSR count). The zero-order valence-corrected chi connectivity index (χ0v) is 23.2. The molecule has 9 nitrogen and oxygen atoms in total. The first-order chi connectivity index (χ1) is 18.8. The second-order valence-corrected chi connectivity index (χ2v) is 11.3. The topological polar surface area (TPSA) is 116 Å². The van der Waals surface area contributed by atoms with Crippen LogP contribution in [0.5, 0.6) is 11.5 Å². The van der Waals surface area contributed by atoms with E-state index in [4.69, 9.17) is 0 Å². The van der Waals surface area contributed by atoms with Crippen molar-refractivity contribution in [2.45, 2.75) is 58.9 Å². The van der Waals surface area contributed by atoms with Crippen LogP contribution in [0, 0.1) is 5.41 Å². The van der Waals surface area contributed by atoms with Crippen molar-refractivity contribution in [1.29, 1.82) is 0 Å². The van der Waals surface area contributed by atoms with E-state index in [0.29, 0.717) is 28.9 Å². The third-order valence-corrected chi connectivity index (χ3v) is 8.39. The van der Waals surface area contributed by atoms with Crippen LogP contribution in [0.2, 0.25) is 0 Å². The molecule has 2 aliphatic rings. The fraction of sp³-hybridized carbons (Fsp3) is 0.500. The molecular weight excluding hydrogens is 492 g/mol. The Morgan fingerprint density at radius 3 is 2.36 bits per heavy atom. The summed E-state index contributed by atoms with van der Waals surface area (Å²) >= 11 is 0. The predicted octanol–water partition coefficient (Wildman–Crippen LogP) is 4.18. The predicted molar refractivity (Wildman–Crippen MR) is 151 cm³/mol. The van der Waals surface area contributed by atoms with Gasteiger partial charge >= 0.3 is 0 Å². The summed E-state index contributed by atoms with van der Waals surface area (Å²) in [5.74, 6) is 0.0639. The molecule has 208 valence electrons. The van der Waals surface area contributed by atoms with Crippen LogP contribution in [-0.4, -0.2) is 68.5 Å². The fourth-order valence-corrected chi connectivity index (χ4v) is 5.98. The Morgan fingerprint density at radius 2 is 1.72 bits per heavy atom. The van der Waals surface area contributed by atoms with Gasteiger partial charge in [0.1, 0.15) is 11.5 Å². The molecule has 0 unspecified atom stereocenters. The van der Waals surface area contributed by atoms with E-state index in [1.807, 2.05) is 32.9 Å². The molecule has 9 heteroatoms. The van der Waals surface area contributed by atoms with E-state index >= 15 is 0 Å². The molecule has 1 spiro atoms. The highest BCUT2D eigenvalue weighted by Crippen LogP contribution is 2.40. The zero-order chi connectivity index (χ0) is 27.6. The minimum absolute atomic E-state index is 0.0226. The number of phenolic OH excluding ortho intramolecular Hbond substituents is 2. The molecule has 0 bridgehead atoms. The molecule has 4 N–H and O–H groups in total. The zero-order valence-electron chi connectivity index (χ0n) is 23.2. The van der Waals surface area contributed by atoms with Crippen LogP contribution in [-0.2, 0) is 6.54 Å². The van der Waals surface area contributed by atoms with Gasteiger partial charge in [0.2, 0.25) is 5.82 Å². The van der Waals surface area contributed by atoms with Crippen molar-refractivity contribution in [3.8, 4) is 28.6 Å². The summed E-state index contributed by atoms with van der Waals surface area (Å²) in [6, 6.07) is 11.2. The number of carbonyl (C=O) groups excluding carboxylic acids is 1. The molecule has 0 radical (unpaired) electrons. The van der Waals surface area contributed by atoms with Crippen LogP contribution in [0.1, 0.15) is 74.1 Å². The van der Waals surface area contributed by atoms with Crippen molar-refractivity contribution in [1.82, 2.24) is 30.3 Å². The van der Waals surface area contributed by atoms with E-state index in [2.05, 4.69) is 37.9 Å². The Kier molecular flexibility index (Phi) is 7.91. The first-order valence-electron chi connectivity index (χ1n) is 14.1. The molecule has 2 aromatic carbocycles. The third-order valence-electron chi connectivity index (χ3n) is 8.39. The Hall–Kier alpha value is -3.43. The Balaban J connectivity index is 1.42. The molecule has 1 amide bonds. The molecule has 39 heavy (non-hydrogen) atoms. The van der Waals surface area contributed by atoms with Crippen molar-refractivity contribution in [2.24, 2.45) is 5.41 Å². The van der Waals surface area contributed by atoms with Gasteiger partial charge in [-0.05, 0) is 99.4 Å². The number of hydrogen-bond donors (Lipinski definition) is 4. The molecule has 1 aromatic heterocycles. The minimum atomic E-state index is -0.345. The largest absolute Gasteiger partial charge is 0.508 e. The molecule has 3 aromatic rings. The number of piperidine rings is 2. The normalized spacial score (nSPS) is 17.5. The first kappa shape index (κ1) is 27.1. The van der Waals surface area contributed by atoms with Gasteiger partial charge in [-0.1, -0.05) is 26.0 Å². The van der Waals surface area contributed by atoms with Crippen LogP contribution < -0.4 is 10.6 Å². The molecular formula is C30H40N6O3. The summed E-state index contributed by atoms with van der Waals surface area (Å²) in [5.41, 5.74) is 3.56. The number of aromatic hydroxyl groups is 2. The van der Waals surface area contributed by atoms with E-state index in [1.54, 1.807) is 10.6 Å². The summed E-state index contributed by atoms with van der Waals surface area (Å²) in [5, 5.41) is 35.9. The number of nitrogens with zero attached hydrogens (tertiary/aromatic N) is 4. The van der Waals surface area contributed by atoms with Crippen LogP contribution >= 0.6 is 0 Å². The van der Waals surface area contributed by atoms with E-state index in [1.165, 1.54) is 37.3 Å². The van der Waals surface area contributed by atoms with Gasteiger partial charge in [0.05, 0.1) is 5.56 Å². The van der Waals surface area contributed by atoms with Gasteiger partial charge in [-0.2, -0.15) is 0 Å². The smallest absolute Gasteiger partial charge is 0.289 e. The highest BCUT2D eigenvalue weighted by Gasteiger charge is 2.35. The van der Waals surface area contributed by atoms with Gasteiger partial charge in [-0.25, -0.2) is 0 Å². The maximum absolute atomic E-state index is 12.9. The first-order valence-corrected chi connectivity index (χ1v) is 14.1. The molecule has 2 aliphatic heterocycles. The van der Waals surface area contributed by atoms with Gasteiger partial charge in [0, 0.05) is 24.8 Å². The van der Waals surface area contributed by atoms with Crippen LogP contribution in [0.3, 0.4) is 0 Å². The Bertz CT molecular complexity index is 1300. The molecule has 0 aliphatic carbocycles. The fourth-order valence-electron chi connectivity index (χ4n) is 5.98. The lowest BCUT2D eigenvalue weighted by Gasteiger charge is -2.44. The number of aromatic nitrogens is 3. The summed E-state index contributed by atoms with van der Waals surface area (Å²) in [4.78, 5) is 15.4. The number of amides is 1. The van der Waals surface area contributed by atoms with Gasteiger partial charge < -0.3 is 20.8 Å². The van der Waals surface area contributed by atoms with Gasteiger partial charge in [0.15, 0.2) is 5.82 Å². The lowest BCUT2D eigenvalue weighted by Crippen LogP contribution is -2.45. The average Bonchev–Trinajstić information content (AvgIpc) is 3.36. The van der Waals surface area contributed by atoms with E-state index in [9.17, 15) is 15.0 Å². The van der Waals surface area contributed by atoms with E-state index in [-0.39, 0.29) is 29.1 Å². The van der Waals surface area contributed by atoms with Crippen molar-refractivity contribution in [3.05, 3.63) is 53.3 Å². The van der Waals surface area contributed by atoms with Crippen molar-refractivity contribution in [3.63, 3.8) is 0 Å². The number of benzene rings is 2. The lowest BCUT2D eigenvalue weighted by molar-refractivity contribution is 0.0701. The quantitative estimate of drug-likeness (QED) is 0.361. The summed E-state index contributed by atoms with van der Waals surface area (Å²) in [6.07, 6.45) is 5.11. The van der Waals surface area contributed by atoms with Crippen molar-refractivity contribution in [2.75, 3.05) is 32.7 Å². The number of likely N-dealkylation sites (tertiary alicyclic amines) is 1. The standard InChI is InChI=1S/C30H40N6O3/c1-4-32-29(39)28-34-33-27(24-17-23(20(2)3)25(37)18-26(24)38)36(28)22-7-5-21(6-8-22)19-35-15-11-30(12-16-35)9-13-31-14-10-30/h5-8,17-18,20,31,37-38H,4,9-16,19H2,1-3H3,(H,32,39). The molecule has 0 saturated carbocycles. The van der Waals surface area contributed by atoms with Gasteiger partial charge in [-0.15, -0.1) is 10.2 Å². The number of hydrogen-bond acceptors (Lipinski definition) is 7. The Morgan fingerprint density at radius 1 is 1.03 bits per heavy atom. The van der Waals surface area contributed by atoms with E-state index in [0.717, 1.165) is 38.4 Å². The van der Waals surface area contributed by atoms with Crippen molar-refractivity contribution >= 4 is 5.91 Å². The lowest BCUT2D eigenvalue weighted by atomic mass is 9.71. The van der Waals surface area contributed by atoms with Crippen LogP contribution in [0.25, 0.3) is 17.1 Å². The van der Waals surface area contributed by atoms with Crippen molar-refractivity contribution < 1.29 is 15.0 Å². The SMILES string of the molecule is CCNC(=O)c1nnc(-c2cc(C(C)C)c(O)cc2O)n1-c1ccc(CN2CCC3(CCNCC3)CC2)cc1. The third kappa shape index (κ3) is 5.65. The number of carbonyl (C=O) groups is 1. The summed E-state index contributed by atoms with van der Waals surface area (Å²) in [6.45, 7) is 11.7. The monoisotopic (exact) mass is 532 g/mol. The average molecular weight is 533 g/mol.